The van der Waals surface area contributed by atoms with Crippen LogP contribution in [-0.2, 0) is 6.54 Å². The Bertz CT molecular complexity index is 472. The fourth-order valence-corrected chi connectivity index (χ4v) is 1.86. The van der Waals surface area contributed by atoms with E-state index in [0.29, 0.717) is 6.54 Å². The van der Waals surface area contributed by atoms with Gasteiger partial charge in [0.15, 0.2) is 0 Å². The van der Waals surface area contributed by atoms with Gasteiger partial charge in [-0.2, -0.15) is 4.98 Å². The summed E-state index contributed by atoms with van der Waals surface area (Å²) in [7, 11) is 1.93. The molecule has 0 fully saturated rings. The molecule has 0 bridgehead atoms. The van der Waals surface area contributed by atoms with Crippen LogP contribution in [0.25, 0.3) is 0 Å². The maximum atomic E-state index is 5.55. The molecule has 0 spiro atoms. The number of halogens is 1. The summed E-state index contributed by atoms with van der Waals surface area (Å²) < 4.78 is 5.82. The van der Waals surface area contributed by atoms with E-state index in [4.69, 9.17) is 10.2 Å². The largest absolute Gasteiger partial charge is 0.472 e. The fraction of sp³-hybridized carbons (Fsp3) is 0.200. The van der Waals surface area contributed by atoms with Gasteiger partial charge in [-0.3, -0.25) is 0 Å². The van der Waals surface area contributed by atoms with Gasteiger partial charge in [0, 0.05) is 25.4 Å². The maximum absolute atomic E-state index is 5.55. The van der Waals surface area contributed by atoms with Crippen LogP contribution in [-0.4, -0.2) is 17.0 Å². The lowest BCUT2D eigenvalue weighted by molar-refractivity contribution is 0.563. The van der Waals surface area contributed by atoms with Gasteiger partial charge in [0.1, 0.15) is 5.82 Å². The van der Waals surface area contributed by atoms with Crippen LogP contribution in [0.5, 0.6) is 0 Å². The van der Waals surface area contributed by atoms with Crippen molar-refractivity contribution >= 4 is 27.7 Å². The lowest BCUT2D eigenvalue weighted by atomic mass is 10.3. The Morgan fingerprint density at radius 3 is 3.06 bits per heavy atom. The SMILES string of the molecule is CN(Cc1ccoc1)c1nc(N)ncc1Br. The number of aromatic nitrogens is 2. The fourth-order valence-electron chi connectivity index (χ4n) is 1.37. The van der Waals surface area contributed by atoms with Crippen molar-refractivity contribution in [2.75, 3.05) is 17.7 Å². The molecule has 0 saturated heterocycles. The van der Waals surface area contributed by atoms with E-state index >= 15 is 0 Å². The van der Waals surface area contributed by atoms with Crippen LogP contribution < -0.4 is 10.6 Å². The van der Waals surface area contributed by atoms with Crippen molar-refractivity contribution in [2.45, 2.75) is 6.54 Å². The normalized spacial score (nSPS) is 10.4. The zero-order valence-electron chi connectivity index (χ0n) is 8.72. The van der Waals surface area contributed by atoms with Crippen molar-refractivity contribution in [3.05, 3.63) is 34.8 Å². The van der Waals surface area contributed by atoms with E-state index in [0.717, 1.165) is 15.9 Å². The Labute approximate surface area is 101 Å². The molecule has 0 aliphatic carbocycles. The molecule has 0 saturated carbocycles. The number of anilines is 2. The zero-order chi connectivity index (χ0) is 11.5. The highest BCUT2D eigenvalue weighted by Crippen LogP contribution is 2.23. The molecule has 84 valence electrons. The molecule has 0 unspecified atom stereocenters. The van der Waals surface area contributed by atoms with Crippen LogP contribution in [0.2, 0.25) is 0 Å². The first-order chi connectivity index (χ1) is 7.66. The predicted octanol–water partition coefficient (Wildman–Crippen LogP) is 2.05. The van der Waals surface area contributed by atoms with E-state index < -0.39 is 0 Å². The molecular weight excluding hydrogens is 272 g/mol. The van der Waals surface area contributed by atoms with Gasteiger partial charge in [-0.15, -0.1) is 0 Å². The van der Waals surface area contributed by atoms with Crippen molar-refractivity contribution in [1.82, 2.24) is 9.97 Å². The first kappa shape index (κ1) is 10.9. The van der Waals surface area contributed by atoms with Crippen LogP contribution in [0.4, 0.5) is 11.8 Å². The molecule has 0 atom stereocenters. The second-order valence-corrected chi connectivity index (χ2v) is 4.24. The lowest BCUT2D eigenvalue weighted by Crippen LogP contribution is -2.18. The van der Waals surface area contributed by atoms with Crippen molar-refractivity contribution in [2.24, 2.45) is 0 Å². The van der Waals surface area contributed by atoms with Gasteiger partial charge in [-0.1, -0.05) is 0 Å². The van der Waals surface area contributed by atoms with E-state index in [9.17, 15) is 0 Å². The van der Waals surface area contributed by atoms with Crippen molar-refractivity contribution in [3.8, 4) is 0 Å². The molecule has 0 radical (unpaired) electrons. The van der Waals surface area contributed by atoms with Crippen molar-refractivity contribution in [1.29, 1.82) is 0 Å². The van der Waals surface area contributed by atoms with Gasteiger partial charge in [-0.25, -0.2) is 4.98 Å². The molecule has 2 aromatic heterocycles. The standard InChI is InChI=1S/C10H11BrN4O/c1-15(5-7-2-3-16-6-7)9-8(11)4-13-10(12)14-9/h2-4,6H,5H2,1H3,(H2,12,13,14). The average molecular weight is 283 g/mol. The summed E-state index contributed by atoms with van der Waals surface area (Å²) in [6.07, 6.45) is 4.99. The Morgan fingerprint density at radius 2 is 2.38 bits per heavy atom. The number of nitrogen functional groups attached to an aromatic ring is 1. The number of nitrogens with two attached hydrogens (primary N) is 1. The summed E-state index contributed by atoms with van der Waals surface area (Å²) >= 11 is 3.39. The van der Waals surface area contributed by atoms with Gasteiger partial charge in [0.2, 0.25) is 5.95 Å². The van der Waals surface area contributed by atoms with Gasteiger partial charge in [0.25, 0.3) is 0 Å². The minimum Gasteiger partial charge on any atom is -0.472 e. The van der Waals surface area contributed by atoms with Gasteiger partial charge in [0.05, 0.1) is 17.0 Å². The number of rotatable bonds is 3. The third-order valence-electron chi connectivity index (χ3n) is 2.11. The van der Waals surface area contributed by atoms with Crippen molar-refractivity contribution < 1.29 is 4.42 Å². The maximum Gasteiger partial charge on any atom is 0.222 e. The van der Waals surface area contributed by atoms with E-state index in [2.05, 4.69) is 25.9 Å². The van der Waals surface area contributed by atoms with Gasteiger partial charge in [-0.05, 0) is 22.0 Å². The predicted molar refractivity (Wildman–Crippen MR) is 65.0 cm³/mol. The first-order valence-corrected chi connectivity index (χ1v) is 5.46. The summed E-state index contributed by atoms with van der Waals surface area (Å²) in [4.78, 5) is 10.0. The lowest BCUT2D eigenvalue weighted by Gasteiger charge is -2.18. The molecular formula is C10H11BrN4O. The van der Waals surface area contributed by atoms with Gasteiger partial charge >= 0.3 is 0 Å². The minimum absolute atomic E-state index is 0.261. The summed E-state index contributed by atoms with van der Waals surface area (Å²) in [5.74, 6) is 1.02. The quantitative estimate of drug-likeness (QED) is 0.933. The Kier molecular flexibility index (Phi) is 3.09. The van der Waals surface area contributed by atoms with E-state index in [1.807, 2.05) is 18.0 Å². The monoisotopic (exact) mass is 282 g/mol. The summed E-state index contributed by atoms with van der Waals surface area (Å²) in [6.45, 7) is 0.700. The molecule has 0 aliphatic rings. The second kappa shape index (κ2) is 4.52. The molecule has 2 N–H and O–H groups in total. The molecule has 6 heteroatoms. The summed E-state index contributed by atoms with van der Waals surface area (Å²) in [6, 6.07) is 1.91. The second-order valence-electron chi connectivity index (χ2n) is 3.39. The summed E-state index contributed by atoms with van der Waals surface area (Å²) in [5.41, 5.74) is 6.63. The minimum atomic E-state index is 0.261. The van der Waals surface area contributed by atoms with Crippen LogP contribution in [0.15, 0.2) is 33.7 Å². The molecule has 0 aromatic carbocycles. The van der Waals surface area contributed by atoms with Crippen LogP contribution in [0, 0.1) is 0 Å². The Hall–Kier alpha value is -1.56. The molecule has 0 aliphatic heterocycles. The zero-order valence-corrected chi connectivity index (χ0v) is 10.3. The van der Waals surface area contributed by atoms with Crippen LogP contribution in [0.3, 0.4) is 0 Å². The molecule has 16 heavy (non-hydrogen) atoms. The van der Waals surface area contributed by atoms with Gasteiger partial charge < -0.3 is 15.1 Å². The third kappa shape index (κ3) is 2.33. The molecule has 0 amide bonds. The molecule has 2 heterocycles. The van der Waals surface area contributed by atoms with E-state index in [1.165, 1.54) is 0 Å². The van der Waals surface area contributed by atoms with Crippen LogP contribution in [0.1, 0.15) is 5.56 Å². The number of nitrogens with zero attached hydrogens (tertiary/aromatic N) is 3. The molecule has 5 nitrogen and oxygen atoms in total. The number of hydrogen-bond acceptors (Lipinski definition) is 5. The molecule has 2 rings (SSSR count). The highest BCUT2D eigenvalue weighted by Gasteiger charge is 2.09. The smallest absolute Gasteiger partial charge is 0.222 e. The third-order valence-corrected chi connectivity index (χ3v) is 2.67. The summed E-state index contributed by atoms with van der Waals surface area (Å²) in [5, 5.41) is 0. The Balaban J connectivity index is 2.20. The Morgan fingerprint density at radius 1 is 1.56 bits per heavy atom. The highest BCUT2D eigenvalue weighted by atomic mass is 79.9. The highest BCUT2D eigenvalue weighted by molar-refractivity contribution is 9.10. The number of furan rings is 1. The van der Waals surface area contributed by atoms with E-state index in [1.54, 1.807) is 18.7 Å². The van der Waals surface area contributed by atoms with Crippen molar-refractivity contribution in [3.63, 3.8) is 0 Å². The van der Waals surface area contributed by atoms with Crippen LogP contribution >= 0.6 is 15.9 Å². The molecule has 2 aromatic rings. The number of hydrogen-bond donors (Lipinski definition) is 1. The first-order valence-electron chi connectivity index (χ1n) is 4.67. The topological polar surface area (TPSA) is 68.2 Å². The average Bonchev–Trinajstić information content (AvgIpc) is 2.74. The van der Waals surface area contributed by atoms with E-state index in [-0.39, 0.29) is 5.95 Å².